The highest BCUT2D eigenvalue weighted by Gasteiger charge is 2.27. The number of carbonyl (C=O) groups is 2. The maximum Gasteiger partial charge on any atom is 0.260 e. The third kappa shape index (κ3) is 4.98. The van der Waals surface area contributed by atoms with Crippen molar-refractivity contribution in [2.45, 2.75) is 12.4 Å². The summed E-state index contributed by atoms with van der Waals surface area (Å²) in [4.78, 5) is 23.6. The fourth-order valence-corrected chi connectivity index (χ4v) is 3.58. The number of aryl methyl sites for hydroxylation is 1. The number of amides is 2. The molecule has 1 saturated heterocycles. The summed E-state index contributed by atoms with van der Waals surface area (Å²) in [6, 6.07) is 12.9. The molecule has 1 unspecified atom stereocenters. The summed E-state index contributed by atoms with van der Waals surface area (Å²) < 4.78 is 10.6. The summed E-state index contributed by atoms with van der Waals surface area (Å²) in [5.74, 6) is 0.567. The molecule has 2 amide bonds. The Bertz CT molecular complexity index is 912. The van der Waals surface area contributed by atoms with E-state index >= 15 is 0 Å². The quantitative estimate of drug-likeness (QED) is 0.618. The number of ether oxygens (including phenoxy) is 2. The van der Waals surface area contributed by atoms with Gasteiger partial charge < -0.3 is 25.8 Å². The highest BCUT2D eigenvalue weighted by molar-refractivity contribution is 8.05. The Kier molecular flexibility index (Phi) is 6.10. The Morgan fingerprint density at radius 3 is 2.71 bits per heavy atom. The van der Waals surface area contributed by atoms with Gasteiger partial charge in [0.25, 0.3) is 11.8 Å². The molecule has 1 heterocycles. The van der Waals surface area contributed by atoms with Crippen LogP contribution < -0.4 is 25.8 Å². The van der Waals surface area contributed by atoms with Crippen LogP contribution in [-0.4, -0.2) is 31.0 Å². The van der Waals surface area contributed by atoms with Crippen LogP contribution in [0.25, 0.3) is 6.08 Å². The summed E-state index contributed by atoms with van der Waals surface area (Å²) in [7, 11) is 1.61. The lowest BCUT2D eigenvalue weighted by molar-refractivity contribution is -0.120. The van der Waals surface area contributed by atoms with Gasteiger partial charge in [-0.25, -0.2) is 0 Å². The average Bonchev–Trinajstić information content (AvgIpc) is 3.00. The number of thioether (sulfide) groups is 1. The topological polar surface area (TPSA) is 103 Å². The predicted molar refractivity (Wildman–Crippen MR) is 110 cm³/mol. The van der Waals surface area contributed by atoms with Gasteiger partial charge in [-0.05, 0) is 48.4 Å². The number of benzene rings is 2. The Balaban J connectivity index is 1.67. The Labute approximate surface area is 167 Å². The second-order valence-corrected chi connectivity index (χ2v) is 7.30. The maximum atomic E-state index is 12.3. The smallest absolute Gasteiger partial charge is 0.260 e. The molecule has 1 aliphatic rings. The zero-order valence-electron chi connectivity index (χ0n) is 15.5. The summed E-state index contributed by atoms with van der Waals surface area (Å²) >= 11 is 1.39. The minimum Gasteiger partial charge on any atom is -0.495 e. The summed E-state index contributed by atoms with van der Waals surface area (Å²) in [5, 5.41) is 6.19. The Hall–Kier alpha value is -3.13. The summed E-state index contributed by atoms with van der Waals surface area (Å²) in [6.45, 7) is 1.82. The van der Waals surface area contributed by atoms with Gasteiger partial charge in [-0.15, -0.1) is 0 Å². The van der Waals surface area contributed by atoms with Crippen molar-refractivity contribution in [3.63, 3.8) is 0 Å². The van der Waals surface area contributed by atoms with Crippen LogP contribution in [0.1, 0.15) is 11.1 Å². The normalized spacial score (nSPS) is 17.3. The summed E-state index contributed by atoms with van der Waals surface area (Å²) in [5.41, 5.74) is 7.51. The molecule has 0 aliphatic carbocycles. The minimum absolute atomic E-state index is 0.150. The molecule has 0 radical (unpaired) electrons. The molecule has 1 fully saturated rings. The molecule has 146 valence electrons. The van der Waals surface area contributed by atoms with Crippen molar-refractivity contribution in [1.29, 1.82) is 0 Å². The number of primary amides is 1. The second-order valence-electron chi connectivity index (χ2n) is 6.15. The first kappa shape index (κ1) is 19.6. The van der Waals surface area contributed by atoms with Gasteiger partial charge in [-0.1, -0.05) is 30.0 Å². The van der Waals surface area contributed by atoms with Gasteiger partial charge in [0.2, 0.25) is 0 Å². The van der Waals surface area contributed by atoms with Gasteiger partial charge in [-0.2, -0.15) is 0 Å². The lowest BCUT2D eigenvalue weighted by Crippen LogP contribution is -2.31. The zero-order valence-corrected chi connectivity index (χ0v) is 16.3. The number of hydrogen-bond donors (Lipinski definition) is 3. The third-order valence-corrected chi connectivity index (χ3v) is 4.96. The molecule has 3 rings (SSSR count). The number of methoxy groups -OCH3 is 1. The standard InChI is InChI=1S/C20H21N3O4S/c1-12-3-8-16(26-2)15(9-12)22-20-23-19(25)17(28-20)10-13-4-6-14(7-5-13)27-11-18(21)24/h3-10,20,22H,11H2,1-2H3,(H2,21,24)(H,23,25)/b17-10-. The van der Waals surface area contributed by atoms with Crippen LogP contribution in [0.5, 0.6) is 11.5 Å². The number of nitrogens with one attached hydrogen (secondary N) is 2. The van der Waals surface area contributed by atoms with E-state index < -0.39 is 5.91 Å². The van der Waals surface area contributed by atoms with Crippen molar-refractivity contribution >= 4 is 35.3 Å². The molecule has 0 bridgehead atoms. The van der Waals surface area contributed by atoms with E-state index in [4.69, 9.17) is 15.2 Å². The van der Waals surface area contributed by atoms with Crippen LogP contribution in [0.3, 0.4) is 0 Å². The summed E-state index contributed by atoms with van der Waals surface area (Å²) in [6.07, 6.45) is 1.80. The molecule has 28 heavy (non-hydrogen) atoms. The molecular formula is C20H21N3O4S. The number of carbonyl (C=O) groups excluding carboxylic acids is 2. The van der Waals surface area contributed by atoms with Gasteiger partial charge in [-0.3, -0.25) is 9.59 Å². The fraction of sp³-hybridized carbons (Fsp3) is 0.200. The van der Waals surface area contributed by atoms with Gasteiger partial charge in [0.15, 0.2) is 12.1 Å². The zero-order chi connectivity index (χ0) is 20.1. The van der Waals surface area contributed by atoms with E-state index in [1.165, 1.54) is 11.8 Å². The number of hydrogen-bond acceptors (Lipinski definition) is 6. The van der Waals surface area contributed by atoms with Crippen LogP contribution in [0.4, 0.5) is 5.69 Å². The van der Waals surface area contributed by atoms with Crippen molar-refractivity contribution in [3.05, 3.63) is 58.5 Å². The van der Waals surface area contributed by atoms with Gasteiger partial charge in [0.05, 0.1) is 17.7 Å². The van der Waals surface area contributed by atoms with Crippen LogP contribution in [0, 0.1) is 6.92 Å². The number of anilines is 1. The van der Waals surface area contributed by atoms with E-state index in [0.717, 1.165) is 16.8 Å². The largest absolute Gasteiger partial charge is 0.495 e. The van der Waals surface area contributed by atoms with Crippen molar-refractivity contribution in [2.24, 2.45) is 5.73 Å². The van der Waals surface area contributed by atoms with Crippen molar-refractivity contribution in [2.75, 3.05) is 19.0 Å². The Morgan fingerprint density at radius 1 is 1.29 bits per heavy atom. The molecule has 1 atom stereocenters. The third-order valence-electron chi connectivity index (χ3n) is 3.93. The van der Waals surface area contributed by atoms with E-state index in [0.29, 0.717) is 16.4 Å². The first-order valence-corrected chi connectivity index (χ1v) is 9.44. The molecule has 0 aromatic heterocycles. The van der Waals surface area contributed by atoms with Gasteiger partial charge in [0.1, 0.15) is 11.5 Å². The van der Waals surface area contributed by atoms with E-state index in [1.807, 2.05) is 37.3 Å². The second kappa shape index (κ2) is 8.71. The Morgan fingerprint density at radius 2 is 2.04 bits per heavy atom. The van der Waals surface area contributed by atoms with E-state index in [9.17, 15) is 9.59 Å². The first-order chi connectivity index (χ1) is 13.4. The molecule has 7 nitrogen and oxygen atoms in total. The van der Waals surface area contributed by atoms with Crippen LogP contribution in [-0.2, 0) is 9.59 Å². The fourth-order valence-electron chi connectivity index (χ4n) is 2.61. The number of rotatable bonds is 7. The monoisotopic (exact) mass is 399 g/mol. The first-order valence-electron chi connectivity index (χ1n) is 8.56. The molecule has 1 aliphatic heterocycles. The van der Waals surface area contributed by atoms with Crippen LogP contribution in [0.15, 0.2) is 47.4 Å². The van der Waals surface area contributed by atoms with Crippen molar-refractivity contribution < 1.29 is 19.1 Å². The predicted octanol–water partition coefficient (Wildman–Crippen LogP) is 2.47. The van der Waals surface area contributed by atoms with Gasteiger partial charge >= 0.3 is 0 Å². The molecule has 0 spiro atoms. The molecular weight excluding hydrogens is 378 g/mol. The molecule has 4 N–H and O–H groups in total. The average molecular weight is 399 g/mol. The lowest BCUT2D eigenvalue weighted by Gasteiger charge is -2.16. The van der Waals surface area contributed by atoms with Crippen LogP contribution in [0.2, 0.25) is 0 Å². The van der Waals surface area contributed by atoms with Crippen molar-refractivity contribution in [3.8, 4) is 11.5 Å². The van der Waals surface area contributed by atoms with E-state index in [1.54, 1.807) is 25.3 Å². The lowest BCUT2D eigenvalue weighted by atomic mass is 10.2. The van der Waals surface area contributed by atoms with Crippen molar-refractivity contribution in [1.82, 2.24) is 5.32 Å². The number of nitrogens with two attached hydrogens (primary N) is 1. The van der Waals surface area contributed by atoms with E-state index in [-0.39, 0.29) is 18.0 Å². The van der Waals surface area contributed by atoms with Crippen LogP contribution >= 0.6 is 11.8 Å². The minimum atomic E-state index is -0.533. The molecule has 2 aromatic carbocycles. The molecule has 2 aromatic rings. The maximum absolute atomic E-state index is 12.3. The van der Waals surface area contributed by atoms with Gasteiger partial charge in [0, 0.05) is 0 Å². The SMILES string of the molecule is COc1ccc(C)cc1NC1NC(=O)/C(=C/c2ccc(OCC(N)=O)cc2)S1. The highest BCUT2D eigenvalue weighted by atomic mass is 32.2. The molecule has 0 saturated carbocycles. The molecule has 8 heteroatoms. The van der Waals surface area contributed by atoms with E-state index in [2.05, 4.69) is 10.6 Å². The highest BCUT2D eigenvalue weighted by Crippen LogP contribution is 2.33.